The Kier molecular flexibility index (Phi) is 7.55. The van der Waals surface area contributed by atoms with E-state index in [-0.39, 0.29) is 6.42 Å². The van der Waals surface area contributed by atoms with Crippen LogP contribution in [0.25, 0.3) is 0 Å². The van der Waals surface area contributed by atoms with Crippen molar-refractivity contribution in [1.82, 2.24) is 0 Å². The van der Waals surface area contributed by atoms with Gasteiger partial charge in [0.15, 0.2) is 0 Å². The minimum Gasteiger partial charge on any atom is -0.394 e. The Hall–Kier alpha value is -0.400. The van der Waals surface area contributed by atoms with Gasteiger partial charge in [-0.3, -0.25) is 0 Å². The fraction of sp³-hybridized carbons (Fsp3) is 1.00. The van der Waals surface area contributed by atoms with Gasteiger partial charge in [-0.1, -0.05) is 0 Å². The first-order chi connectivity index (χ1) is 10.2. The van der Waals surface area contributed by atoms with Crippen LogP contribution in [0.3, 0.4) is 0 Å². The second kappa shape index (κ2) is 8.45. The molecule has 1 fully saturated rings. The zero-order valence-electron chi connectivity index (χ0n) is 11.8. The first-order valence-electron chi connectivity index (χ1n) is 6.88. The molecule has 132 valence electrons. The molecule has 0 radical (unpaired) electrons. The van der Waals surface area contributed by atoms with Crippen molar-refractivity contribution in [2.24, 2.45) is 0 Å². The molecule has 9 atom stereocenters. The van der Waals surface area contributed by atoms with Crippen LogP contribution < -0.4 is 0 Å². The van der Waals surface area contributed by atoms with E-state index in [2.05, 4.69) is 0 Å². The standard InChI is InChI=1S/C12H24O10/c13-2-5(16)9(18)11(20)12(21)10(19)6-1-4(15)8(17)7(3-14)22-6/h4-21H,1-3H2/t4-,5-,6?,7-,8+,9+,10?,11+,12+/m1/s1. The SMILES string of the molecule is OC[C@@H](O)[C@H](O)[C@H](O)[C@@H](O)C(O)C1C[C@@H](O)[C@H](O)[C@@H](CO)O1. The molecule has 0 spiro atoms. The topological polar surface area (TPSA) is 191 Å². The van der Waals surface area contributed by atoms with Crippen molar-refractivity contribution in [3.8, 4) is 0 Å². The maximum absolute atomic E-state index is 9.97. The van der Waals surface area contributed by atoms with Crippen molar-refractivity contribution in [2.75, 3.05) is 13.2 Å². The molecular weight excluding hydrogens is 304 g/mol. The number of ether oxygens (including phenoxy) is 1. The summed E-state index contributed by atoms with van der Waals surface area (Å²) in [5.74, 6) is 0. The van der Waals surface area contributed by atoms with Crippen molar-refractivity contribution in [3.63, 3.8) is 0 Å². The van der Waals surface area contributed by atoms with Crippen molar-refractivity contribution < 1.29 is 50.7 Å². The van der Waals surface area contributed by atoms with Crippen molar-refractivity contribution in [2.45, 2.75) is 61.4 Å². The molecule has 0 aliphatic carbocycles. The highest BCUT2D eigenvalue weighted by atomic mass is 16.5. The van der Waals surface area contributed by atoms with Gasteiger partial charge in [-0.2, -0.15) is 0 Å². The van der Waals surface area contributed by atoms with Crippen LogP contribution in [0.4, 0.5) is 0 Å². The highest BCUT2D eigenvalue weighted by Crippen LogP contribution is 2.25. The van der Waals surface area contributed by atoms with E-state index < -0.39 is 68.1 Å². The van der Waals surface area contributed by atoms with E-state index in [1.807, 2.05) is 0 Å². The quantitative estimate of drug-likeness (QED) is 0.218. The number of hydrogen-bond acceptors (Lipinski definition) is 10. The molecule has 2 unspecified atom stereocenters. The number of hydrogen-bond donors (Lipinski definition) is 9. The summed E-state index contributed by atoms with van der Waals surface area (Å²) in [4.78, 5) is 0. The van der Waals surface area contributed by atoms with Crippen molar-refractivity contribution in [1.29, 1.82) is 0 Å². The van der Waals surface area contributed by atoms with Gasteiger partial charge in [0.2, 0.25) is 0 Å². The van der Waals surface area contributed by atoms with Crippen molar-refractivity contribution >= 4 is 0 Å². The maximum atomic E-state index is 9.97. The fourth-order valence-corrected chi connectivity index (χ4v) is 2.32. The molecule has 0 bridgehead atoms. The largest absolute Gasteiger partial charge is 0.394 e. The molecule has 0 aromatic heterocycles. The Morgan fingerprint density at radius 1 is 0.909 bits per heavy atom. The van der Waals surface area contributed by atoms with Crippen LogP contribution in [0.1, 0.15) is 6.42 Å². The van der Waals surface area contributed by atoms with Gasteiger partial charge in [0.25, 0.3) is 0 Å². The van der Waals surface area contributed by atoms with Gasteiger partial charge in [-0.25, -0.2) is 0 Å². The van der Waals surface area contributed by atoms with Crippen LogP contribution in [-0.4, -0.2) is 114 Å². The maximum Gasteiger partial charge on any atom is 0.111 e. The number of rotatable bonds is 7. The average molecular weight is 328 g/mol. The Morgan fingerprint density at radius 2 is 1.50 bits per heavy atom. The molecule has 10 nitrogen and oxygen atoms in total. The van der Waals surface area contributed by atoms with Gasteiger partial charge in [-0.15, -0.1) is 0 Å². The predicted octanol–water partition coefficient (Wildman–Crippen LogP) is -5.35. The van der Waals surface area contributed by atoms with Crippen molar-refractivity contribution in [3.05, 3.63) is 0 Å². The summed E-state index contributed by atoms with van der Waals surface area (Å²) in [5, 5.41) is 85.1. The van der Waals surface area contributed by atoms with Crippen LogP contribution in [0.2, 0.25) is 0 Å². The summed E-state index contributed by atoms with van der Waals surface area (Å²) in [5.41, 5.74) is 0. The van der Waals surface area contributed by atoms with E-state index in [9.17, 15) is 35.7 Å². The summed E-state index contributed by atoms with van der Waals surface area (Å²) < 4.78 is 5.14. The molecule has 0 amide bonds. The van der Waals surface area contributed by atoms with Gasteiger partial charge in [0, 0.05) is 6.42 Å². The Morgan fingerprint density at radius 3 is 2.00 bits per heavy atom. The molecule has 10 heteroatoms. The van der Waals surface area contributed by atoms with E-state index >= 15 is 0 Å². The van der Waals surface area contributed by atoms with E-state index in [1.54, 1.807) is 0 Å². The minimum absolute atomic E-state index is 0.277. The lowest BCUT2D eigenvalue weighted by atomic mass is 9.90. The van der Waals surface area contributed by atoms with Gasteiger partial charge < -0.3 is 50.7 Å². The van der Waals surface area contributed by atoms with E-state index in [0.717, 1.165) is 0 Å². The molecule has 1 heterocycles. The average Bonchev–Trinajstić information content (AvgIpc) is 2.53. The fourth-order valence-electron chi connectivity index (χ4n) is 2.32. The molecule has 1 aliphatic heterocycles. The molecular formula is C12H24O10. The molecule has 0 aromatic carbocycles. The molecule has 22 heavy (non-hydrogen) atoms. The molecule has 1 saturated heterocycles. The normalized spacial score (nSPS) is 36.4. The smallest absolute Gasteiger partial charge is 0.111 e. The second-order valence-corrected chi connectivity index (χ2v) is 5.40. The van der Waals surface area contributed by atoms with Crippen LogP contribution in [-0.2, 0) is 4.74 Å². The lowest BCUT2D eigenvalue weighted by Gasteiger charge is -2.40. The zero-order chi connectivity index (χ0) is 17.0. The zero-order valence-corrected chi connectivity index (χ0v) is 11.8. The third-order valence-corrected chi connectivity index (χ3v) is 3.79. The first-order valence-corrected chi connectivity index (χ1v) is 6.88. The minimum atomic E-state index is -1.99. The van der Waals surface area contributed by atoms with Crippen LogP contribution >= 0.6 is 0 Å². The molecule has 0 saturated carbocycles. The van der Waals surface area contributed by atoms with Gasteiger partial charge in [0.05, 0.1) is 25.4 Å². The summed E-state index contributed by atoms with van der Waals surface area (Å²) >= 11 is 0. The number of aliphatic hydroxyl groups excluding tert-OH is 9. The monoisotopic (exact) mass is 328 g/mol. The third-order valence-electron chi connectivity index (χ3n) is 3.79. The van der Waals surface area contributed by atoms with Gasteiger partial charge in [0.1, 0.15) is 42.7 Å². The van der Waals surface area contributed by atoms with E-state index in [1.165, 1.54) is 0 Å². The Balaban J connectivity index is 2.71. The predicted molar refractivity (Wildman–Crippen MR) is 69.5 cm³/mol. The van der Waals surface area contributed by atoms with Crippen LogP contribution in [0, 0.1) is 0 Å². The van der Waals surface area contributed by atoms with Crippen LogP contribution in [0.15, 0.2) is 0 Å². The highest BCUT2D eigenvalue weighted by molar-refractivity contribution is 4.93. The van der Waals surface area contributed by atoms with Gasteiger partial charge >= 0.3 is 0 Å². The lowest BCUT2D eigenvalue weighted by Crippen LogP contribution is -2.58. The van der Waals surface area contributed by atoms with E-state index in [4.69, 9.17) is 14.9 Å². The molecule has 1 rings (SSSR count). The Labute approximate surface area is 126 Å². The summed E-state index contributed by atoms with van der Waals surface area (Å²) in [6.07, 6.45) is -14.7. The van der Waals surface area contributed by atoms with Gasteiger partial charge in [-0.05, 0) is 0 Å². The third kappa shape index (κ3) is 4.32. The Bertz CT molecular complexity index is 329. The lowest BCUT2D eigenvalue weighted by molar-refractivity contribution is -0.225. The van der Waals surface area contributed by atoms with Crippen LogP contribution in [0.5, 0.6) is 0 Å². The second-order valence-electron chi connectivity index (χ2n) is 5.40. The summed E-state index contributed by atoms with van der Waals surface area (Å²) in [6, 6.07) is 0. The summed E-state index contributed by atoms with van der Waals surface area (Å²) in [7, 11) is 0. The molecule has 1 aliphatic rings. The first kappa shape index (κ1) is 19.6. The molecule has 9 N–H and O–H groups in total. The number of aliphatic hydroxyl groups is 9. The molecule has 0 aromatic rings. The highest BCUT2D eigenvalue weighted by Gasteiger charge is 2.44. The summed E-state index contributed by atoms with van der Waals surface area (Å²) in [6.45, 7) is -1.50. The van der Waals surface area contributed by atoms with E-state index in [0.29, 0.717) is 0 Å².